The van der Waals surface area contributed by atoms with Gasteiger partial charge in [-0.25, -0.2) is 0 Å². The van der Waals surface area contributed by atoms with E-state index in [2.05, 4.69) is 33.9 Å². The lowest BCUT2D eigenvalue weighted by atomic mass is 9.96. The predicted octanol–water partition coefficient (Wildman–Crippen LogP) is 11.9. The van der Waals surface area contributed by atoms with E-state index in [4.69, 9.17) is 56.5 Å². The van der Waals surface area contributed by atoms with Gasteiger partial charge in [0.2, 0.25) is 0 Å². The first-order valence-corrected chi connectivity index (χ1v) is 31.2. The molecule has 9 rings (SSSR count). The Morgan fingerprint density at radius 3 is 0.963 bits per heavy atom. The van der Waals surface area contributed by atoms with Crippen LogP contribution in [0.15, 0.2) is 182 Å². The van der Waals surface area contributed by atoms with E-state index in [1.54, 1.807) is 0 Å². The number of hydrogen-bond donors (Lipinski definition) is 1. The number of rotatable bonds is 24. The van der Waals surface area contributed by atoms with Crippen LogP contribution in [0.2, 0.25) is 18.1 Å². The smallest absolute Gasteiger partial charge is 0.195 e. The van der Waals surface area contributed by atoms with Crippen molar-refractivity contribution in [2.24, 2.45) is 0 Å². The van der Waals surface area contributed by atoms with Gasteiger partial charge in [-0.1, -0.05) is 203 Å². The third-order valence-electron chi connectivity index (χ3n) is 15.7. The van der Waals surface area contributed by atoms with Gasteiger partial charge in [-0.2, -0.15) is 0 Å². The first-order valence-electron chi connectivity index (χ1n) is 28.3. The van der Waals surface area contributed by atoms with Crippen molar-refractivity contribution in [2.75, 3.05) is 0 Å². The molecule has 3 heterocycles. The summed E-state index contributed by atoms with van der Waals surface area (Å²) >= 11 is 0. The molecule has 0 unspecified atom stereocenters. The van der Waals surface area contributed by atoms with Gasteiger partial charge in [-0.15, -0.1) is 0 Å². The summed E-state index contributed by atoms with van der Waals surface area (Å²) in [5.41, 5.74) is 5.79. The molecule has 0 bridgehead atoms. The minimum absolute atomic E-state index is 0.193. The van der Waals surface area contributed by atoms with Gasteiger partial charge in [-0.05, 0) is 72.3 Å². The predicted molar refractivity (Wildman–Crippen MR) is 307 cm³/mol. The number of aliphatic hydroxyl groups is 1. The molecular formula is C66H82O13Si. The van der Waals surface area contributed by atoms with Crippen LogP contribution in [0.1, 0.15) is 74.9 Å². The normalized spacial score (nSPS) is 29.3. The van der Waals surface area contributed by atoms with E-state index in [0.29, 0.717) is 6.61 Å². The number of benzene rings is 6. The summed E-state index contributed by atoms with van der Waals surface area (Å²) in [6.07, 6.45) is -13.4. The molecule has 0 radical (unpaired) electrons. The van der Waals surface area contributed by atoms with Crippen molar-refractivity contribution in [1.82, 2.24) is 0 Å². The highest BCUT2D eigenvalue weighted by molar-refractivity contribution is 6.74. The third-order valence-corrected chi connectivity index (χ3v) is 20.2. The Morgan fingerprint density at radius 1 is 0.350 bits per heavy atom. The van der Waals surface area contributed by atoms with Crippen LogP contribution >= 0.6 is 0 Å². The largest absolute Gasteiger partial charge is 0.390 e. The first-order chi connectivity index (χ1) is 38.7. The van der Waals surface area contributed by atoms with E-state index >= 15 is 0 Å². The summed E-state index contributed by atoms with van der Waals surface area (Å²) in [6, 6.07) is 59.8. The highest BCUT2D eigenvalue weighted by atomic mass is 28.4. The van der Waals surface area contributed by atoms with Crippen LogP contribution < -0.4 is 0 Å². The molecule has 3 aliphatic rings. The van der Waals surface area contributed by atoms with Crippen LogP contribution in [0.4, 0.5) is 0 Å². The van der Waals surface area contributed by atoms with E-state index in [-0.39, 0.29) is 38.1 Å². The first kappa shape index (κ1) is 59.6. The maximum atomic E-state index is 13.1. The summed E-state index contributed by atoms with van der Waals surface area (Å²) in [5.74, 6) is 0. The monoisotopic (exact) mass is 1110 g/mol. The maximum absolute atomic E-state index is 13.1. The molecule has 15 atom stereocenters. The minimum atomic E-state index is -2.61. The van der Waals surface area contributed by atoms with Gasteiger partial charge >= 0.3 is 0 Å². The van der Waals surface area contributed by atoms with E-state index in [0.717, 1.165) is 33.4 Å². The van der Waals surface area contributed by atoms with Crippen LogP contribution in [-0.2, 0) is 96.2 Å². The molecule has 0 spiro atoms. The van der Waals surface area contributed by atoms with Gasteiger partial charge in [0.05, 0.1) is 58.0 Å². The van der Waals surface area contributed by atoms with Crippen LogP contribution in [0.25, 0.3) is 0 Å². The van der Waals surface area contributed by atoms with Crippen LogP contribution in [0.3, 0.4) is 0 Å². The van der Waals surface area contributed by atoms with Crippen molar-refractivity contribution in [3.63, 3.8) is 0 Å². The molecule has 3 saturated heterocycles. The Morgan fingerprint density at radius 2 is 0.613 bits per heavy atom. The molecule has 3 fully saturated rings. The van der Waals surface area contributed by atoms with E-state index in [1.807, 2.05) is 203 Å². The second kappa shape index (κ2) is 28.3. The summed E-state index contributed by atoms with van der Waals surface area (Å²) in [6.45, 7) is 18.2. The van der Waals surface area contributed by atoms with Crippen LogP contribution in [-0.4, -0.2) is 106 Å². The fraction of sp³-hybridized carbons (Fsp3) is 0.455. The standard InChI is InChI=1S/C66H82O13Si/c1-45-55(68-39-48-27-15-9-16-28-48)54(67)58(77-64-61(73-44-53-37-25-14-26-38-53)59(71-42-51-33-21-12-22-34-51)56(46(2)75-64)69-40-49-29-17-10-18-30-49)63(74-45)78-62-60(72-43-52-35-23-13-24-36-52)57(70-41-50-31-19-11-20-32-50)47(3)76-65(62)79-80(7,8)66(4,5)6/h9-38,45-47,54-65,67H,39-44H2,1-8H3/t45-,46+,47-,54+,55-,56+,57-,58-,59-,60+,61-,62-,63+,64+,65+/m1/s1. The summed E-state index contributed by atoms with van der Waals surface area (Å²) in [4.78, 5) is 0. The molecule has 13 nitrogen and oxygen atoms in total. The Balaban J connectivity index is 1.10. The lowest BCUT2D eigenvalue weighted by Crippen LogP contribution is -2.67. The molecule has 0 amide bonds. The zero-order valence-electron chi connectivity index (χ0n) is 47.6. The Kier molecular flexibility index (Phi) is 21.1. The fourth-order valence-electron chi connectivity index (χ4n) is 10.2. The van der Waals surface area contributed by atoms with E-state index in [1.165, 1.54) is 0 Å². The molecule has 0 aromatic heterocycles. The number of aliphatic hydroxyl groups excluding tert-OH is 1. The van der Waals surface area contributed by atoms with Crippen molar-refractivity contribution >= 4 is 8.32 Å². The average molecular weight is 1110 g/mol. The molecule has 0 aliphatic carbocycles. The summed E-state index contributed by atoms with van der Waals surface area (Å²) < 4.78 is 84.3. The van der Waals surface area contributed by atoms with Crippen molar-refractivity contribution in [3.8, 4) is 0 Å². The van der Waals surface area contributed by atoms with Crippen molar-refractivity contribution in [2.45, 2.75) is 191 Å². The van der Waals surface area contributed by atoms with Crippen LogP contribution in [0.5, 0.6) is 0 Å². The quantitative estimate of drug-likeness (QED) is 0.0578. The molecule has 6 aromatic rings. The van der Waals surface area contributed by atoms with Gasteiger partial charge in [-0.3, -0.25) is 0 Å². The van der Waals surface area contributed by atoms with Gasteiger partial charge in [0.1, 0.15) is 54.9 Å². The van der Waals surface area contributed by atoms with Crippen molar-refractivity contribution < 1.29 is 61.6 Å². The summed E-state index contributed by atoms with van der Waals surface area (Å²) in [5, 5.41) is 12.8. The Labute approximate surface area is 474 Å². The number of ether oxygens (including phenoxy) is 11. The van der Waals surface area contributed by atoms with Gasteiger partial charge in [0.25, 0.3) is 0 Å². The molecule has 3 aliphatic heterocycles. The molecule has 80 heavy (non-hydrogen) atoms. The maximum Gasteiger partial charge on any atom is 0.195 e. The fourth-order valence-corrected chi connectivity index (χ4v) is 11.3. The van der Waals surface area contributed by atoms with Crippen molar-refractivity contribution in [1.29, 1.82) is 0 Å². The lowest BCUT2D eigenvalue weighted by molar-refractivity contribution is -0.394. The lowest BCUT2D eigenvalue weighted by Gasteiger charge is -2.52. The Bertz CT molecular complexity index is 2710. The average Bonchev–Trinajstić information content (AvgIpc) is 3.47. The van der Waals surface area contributed by atoms with Crippen LogP contribution in [0, 0.1) is 0 Å². The second-order valence-corrected chi connectivity index (χ2v) is 27.5. The molecule has 1 N–H and O–H groups in total. The molecule has 14 heteroatoms. The highest BCUT2D eigenvalue weighted by Crippen LogP contribution is 2.42. The molecular weight excluding hydrogens is 1030 g/mol. The third kappa shape index (κ3) is 15.8. The van der Waals surface area contributed by atoms with E-state index < -0.39 is 100 Å². The minimum Gasteiger partial charge on any atom is -0.390 e. The number of hydrogen-bond acceptors (Lipinski definition) is 13. The van der Waals surface area contributed by atoms with E-state index in [9.17, 15) is 5.11 Å². The molecule has 428 valence electrons. The zero-order chi connectivity index (χ0) is 56.1. The second-order valence-electron chi connectivity index (χ2n) is 22.8. The topological polar surface area (TPSA) is 131 Å². The highest BCUT2D eigenvalue weighted by Gasteiger charge is 2.56. The van der Waals surface area contributed by atoms with Crippen molar-refractivity contribution in [3.05, 3.63) is 215 Å². The zero-order valence-corrected chi connectivity index (χ0v) is 48.6. The summed E-state index contributed by atoms with van der Waals surface area (Å²) in [7, 11) is -2.61. The Hall–Kier alpha value is -4.98. The SMILES string of the molecule is C[C@@H]1O[C@@H](O[C@H]2[C@H](O[C@H]3[C@H](O[Si](C)(C)C(C)(C)C)O[C@H](C)[C@@H](OCc4ccccc4)[C@@H]3OCc3ccccc3)O[C@H](C)[C@@H](OCc3ccccc3)[C@@H]2O)[C@H](OCc2ccccc2)[C@H](OCc2ccccc2)[C@H]1OCc1ccccc1. The van der Waals surface area contributed by atoms with Gasteiger partial charge in [0.15, 0.2) is 27.2 Å². The molecule has 6 aromatic carbocycles. The molecule has 0 saturated carbocycles. The van der Waals surface area contributed by atoms with Gasteiger partial charge in [0, 0.05) is 0 Å². The van der Waals surface area contributed by atoms with Gasteiger partial charge < -0.3 is 61.6 Å².